The van der Waals surface area contributed by atoms with Gasteiger partial charge in [-0.15, -0.1) is 0 Å². The summed E-state index contributed by atoms with van der Waals surface area (Å²) >= 11 is 0. The molecule has 0 aliphatic heterocycles. The van der Waals surface area contributed by atoms with E-state index in [1.807, 2.05) is 6.92 Å². The fourth-order valence-corrected chi connectivity index (χ4v) is 2.16. The molecule has 0 bridgehead atoms. The average molecular weight is 319 g/mol. The highest BCUT2D eigenvalue weighted by molar-refractivity contribution is 5.60. The van der Waals surface area contributed by atoms with Gasteiger partial charge in [0.1, 0.15) is 11.6 Å². The monoisotopic (exact) mass is 319 g/mol. The van der Waals surface area contributed by atoms with E-state index in [4.69, 9.17) is 5.26 Å². The SMILES string of the molecule is Cc1cc(Nc2ccc(C#N)cc2)nc(Nc2cccc(F)c2)n1. The van der Waals surface area contributed by atoms with Gasteiger partial charge in [0.15, 0.2) is 0 Å². The van der Waals surface area contributed by atoms with E-state index in [1.54, 1.807) is 42.5 Å². The van der Waals surface area contributed by atoms with E-state index in [-0.39, 0.29) is 5.82 Å². The standard InChI is InChI=1S/C18H14FN5/c1-12-9-17(22-15-7-5-13(11-20)6-8-15)24-18(21-12)23-16-4-2-3-14(19)10-16/h2-10H,1H3,(H2,21,22,23,24). The molecule has 0 amide bonds. The smallest absolute Gasteiger partial charge is 0.229 e. The summed E-state index contributed by atoms with van der Waals surface area (Å²) in [4.78, 5) is 8.68. The second-order valence-electron chi connectivity index (χ2n) is 5.17. The second kappa shape index (κ2) is 6.75. The maximum Gasteiger partial charge on any atom is 0.229 e. The molecule has 0 unspecified atom stereocenters. The zero-order valence-electron chi connectivity index (χ0n) is 12.9. The molecule has 3 rings (SSSR count). The third-order valence-electron chi connectivity index (χ3n) is 3.22. The number of nitriles is 1. The van der Waals surface area contributed by atoms with E-state index >= 15 is 0 Å². The fraction of sp³-hybridized carbons (Fsp3) is 0.0556. The summed E-state index contributed by atoms with van der Waals surface area (Å²) < 4.78 is 13.3. The molecule has 1 heterocycles. The van der Waals surface area contributed by atoms with Crippen molar-refractivity contribution in [3.63, 3.8) is 0 Å². The summed E-state index contributed by atoms with van der Waals surface area (Å²) in [5.41, 5.74) is 2.74. The Labute approximate surface area is 138 Å². The van der Waals surface area contributed by atoms with Gasteiger partial charge in [0.2, 0.25) is 5.95 Å². The Hall–Kier alpha value is -3.46. The van der Waals surface area contributed by atoms with Crippen LogP contribution in [0, 0.1) is 24.1 Å². The van der Waals surface area contributed by atoms with Crippen LogP contribution >= 0.6 is 0 Å². The molecule has 118 valence electrons. The van der Waals surface area contributed by atoms with Crippen LogP contribution in [-0.4, -0.2) is 9.97 Å². The molecule has 0 aliphatic rings. The van der Waals surface area contributed by atoms with Crippen molar-refractivity contribution in [2.75, 3.05) is 10.6 Å². The van der Waals surface area contributed by atoms with Gasteiger partial charge in [-0.2, -0.15) is 10.2 Å². The largest absolute Gasteiger partial charge is 0.340 e. The van der Waals surface area contributed by atoms with E-state index in [9.17, 15) is 4.39 Å². The molecule has 6 heteroatoms. The first-order valence-electron chi connectivity index (χ1n) is 7.28. The molecule has 0 fully saturated rings. The molecule has 0 radical (unpaired) electrons. The number of anilines is 4. The number of aryl methyl sites for hydroxylation is 1. The second-order valence-corrected chi connectivity index (χ2v) is 5.17. The van der Waals surface area contributed by atoms with Crippen LogP contribution in [0.4, 0.5) is 27.5 Å². The Morgan fingerprint density at radius 1 is 0.958 bits per heavy atom. The first-order chi connectivity index (χ1) is 11.6. The van der Waals surface area contributed by atoms with Crippen molar-refractivity contribution in [1.29, 1.82) is 5.26 Å². The highest BCUT2D eigenvalue weighted by atomic mass is 19.1. The Kier molecular flexibility index (Phi) is 4.34. The number of nitrogens with one attached hydrogen (secondary N) is 2. The number of aromatic nitrogens is 2. The van der Waals surface area contributed by atoms with E-state index in [0.717, 1.165) is 11.4 Å². The minimum absolute atomic E-state index is 0.330. The quantitative estimate of drug-likeness (QED) is 0.750. The Morgan fingerprint density at radius 2 is 1.75 bits per heavy atom. The average Bonchev–Trinajstić information content (AvgIpc) is 2.55. The maximum absolute atomic E-state index is 13.3. The summed E-state index contributed by atoms with van der Waals surface area (Å²) in [6.45, 7) is 1.85. The van der Waals surface area contributed by atoms with Crippen LogP contribution in [0.25, 0.3) is 0 Å². The van der Waals surface area contributed by atoms with Gasteiger partial charge in [-0.25, -0.2) is 9.37 Å². The van der Waals surface area contributed by atoms with Crippen molar-refractivity contribution in [2.45, 2.75) is 6.92 Å². The highest BCUT2D eigenvalue weighted by Gasteiger charge is 2.04. The summed E-state index contributed by atoms with van der Waals surface area (Å²) in [7, 11) is 0. The Bertz CT molecular complexity index is 900. The maximum atomic E-state index is 13.3. The number of hydrogen-bond acceptors (Lipinski definition) is 5. The van der Waals surface area contributed by atoms with Crippen LogP contribution in [0.2, 0.25) is 0 Å². The summed E-state index contributed by atoms with van der Waals surface area (Å²) in [5.74, 6) is 0.645. The number of rotatable bonds is 4. The first-order valence-corrected chi connectivity index (χ1v) is 7.28. The fourth-order valence-electron chi connectivity index (χ4n) is 2.16. The van der Waals surface area contributed by atoms with Crippen molar-refractivity contribution >= 4 is 23.1 Å². The molecule has 0 aliphatic carbocycles. The lowest BCUT2D eigenvalue weighted by Gasteiger charge is -2.10. The first kappa shape index (κ1) is 15.4. The van der Waals surface area contributed by atoms with Gasteiger partial charge in [0.25, 0.3) is 0 Å². The Balaban J connectivity index is 1.81. The zero-order valence-corrected chi connectivity index (χ0v) is 12.9. The molecule has 1 aromatic heterocycles. The summed E-state index contributed by atoms with van der Waals surface area (Å²) in [6.07, 6.45) is 0. The van der Waals surface area contributed by atoms with Crippen molar-refractivity contribution < 1.29 is 4.39 Å². The third kappa shape index (κ3) is 3.84. The number of halogens is 1. The van der Waals surface area contributed by atoms with Crippen LogP contribution in [-0.2, 0) is 0 Å². The van der Waals surface area contributed by atoms with Crippen LogP contribution in [0.5, 0.6) is 0 Å². The van der Waals surface area contributed by atoms with Gasteiger partial charge >= 0.3 is 0 Å². The van der Waals surface area contributed by atoms with Crippen molar-refractivity contribution in [1.82, 2.24) is 9.97 Å². The third-order valence-corrected chi connectivity index (χ3v) is 3.22. The van der Waals surface area contributed by atoms with Crippen LogP contribution in [0.15, 0.2) is 54.6 Å². The predicted octanol–water partition coefficient (Wildman–Crippen LogP) is 4.28. The van der Waals surface area contributed by atoms with E-state index in [2.05, 4.69) is 26.7 Å². The Morgan fingerprint density at radius 3 is 2.46 bits per heavy atom. The van der Waals surface area contributed by atoms with Crippen molar-refractivity contribution in [2.24, 2.45) is 0 Å². The minimum atomic E-state index is -0.330. The van der Waals surface area contributed by atoms with Gasteiger partial charge in [-0.05, 0) is 49.4 Å². The molecule has 24 heavy (non-hydrogen) atoms. The molecule has 3 aromatic rings. The molecule has 0 saturated heterocycles. The lowest BCUT2D eigenvalue weighted by Crippen LogP contribution is -2.02. The number of benzene rings is 2. The predicted molar refractivity (Wildman–Crippen MR) is 90.9 cm³/mol. The minimum Gasteiger partial charge on any atom is -0.340 e. The van der Waals surface area contributed by atoms with Crippen LogP contribution < -0.4 is 10.6 Å². The van der Waals surface area contributed by atoms with Gasteiger partial charge in [0, 0.05) is 23.1 Å². The van der Waals surface area contributed by atoms with Crippen molar-refractivity contribution in [3.8, 4) is 6.07 Å². The highest BCUT2D eigenvalue weighted by Crippen LogP contribution is 2.20. The van der Waals surface area contributed by atoms with Gasteiger partial charge in [-0.1, -0.05) is 6.07 Å². The molecule has 0 atom stereocenters. The van der Waals surface area contributed by atoms with E-state index in [0.29, 0.717) is 23.0 Å². The molecule has 5 nitrogen and oxygen atoms in total. The van der Waals surface area contributed by atoms with E-state index in [1.165, 1.54) is 12.1 Å². The molecule has 2 N–H and O–H groups in total. The van der Waals surface area contributed by atoms with Crippen molar-refractivity contribution in [3.05, 3.63) is 71.7 Å². The lowest BCUT2D eigenvalue weighted by atomic mass is 10.2. The molecule has 0 saturated carbocycles. The normalized spacial score (nSPS) is 10.0. The lowest BCUT2D eigenvalue weighted by molar-refractivity contribution is 0.628. The van der Waals surface area contributed by atoms with Crippen LogP contribution in [0.3, 0.4) is 0 Å². The topological polar surface area (TPSA) is 73.6 Å². The van der Waals surface area contributed by atoms with Gasteiger partial charge in [0.05, 0.1) is 11.6 Å². The summed E-state index contributed by atoms with van der Waals surface area (Å²) in [5, 5.41) is 15.0. The summed E-state index contributed by atoms with van der Waals surface area (Å²) in [6, 6.07) is 17.0. The molecule has 2 aromatic carbocycles. The number of nitrogens with zero attached hydrogens (tertiary/aromatic N) is 3. The molecule has 0 spiro atoms. The number of hydrogen-bond donors (Lipinski definition) is 2. The van der Waals surface area contributed by atoms with Gasteiger partial charge < -0.3 is 10.6 Å². The molecular weight excluding hydrogens is 305 g/mol. The van der Waals surface area contributed by atoms with Crippen LogP contribution in [0.1, 0.15) is 11.3 Å². The van der Waals surface area contributed by atoms with E-state index < -0.39 is 0 Å². The van der Waals surface area contributed by atoms with Gasteiger partial charge in [-0.3, -0.25) is 0 Å². The molecular formula is C18H14FN5. The zero-order chi connectivity index (χ0) is 16.9.